The predicted octanol–water partition coefficient (Wildman–Crippen LogP) is 5.34. The van der Waals surface area contributed by atoms with Crippen molar-refractivity contribution in [1.29, 1.82) is 0 Å². The maximum atomic E-state index is 13.2. The number of rotatable bonds is 18. The summed E-state index contributed by atoms with van der Waals surface area (Å²) in [6.07, 6.45) is 3.27. The minimum Gasteiger partial charge on any atom is -0.457 e. The molecule has 2 aromatic carbocycles. The Kier molecular flexibility index (Phi) is 22.2. The van der Waals surface area contributed by atoms with Crippen molar-refractivity contribution in [3.8, 4) is 0 Å². The van der Waals surface area contributed by atoms with Crippen LogP contribution < -0.4 is 21.3 Å². The van der Waals surface area contributed by atoms with Crippen molar-refractivity contribution in [2.75, 3.05) is 19.6 Å². The molecule has 1 unspecified atom stereocenters. The van der Waals surface area contributed by atoms with Crippen LogP contribution in [-0.2, 0) is 47.7 Å². The molecule has 3 heterocycles. The number of aliphatic hydroxyl groups excluding tert-OH is 1. The van der Waals surface area contributed by atoms with Gasteiger partial charge in [-0.3, -0.25) is 58.8 Å². The molecule has 0 radical (unpaired) electrons. The normalized spacial score (nSPS) is 27.9. The zero-order chi connectivity index (χ0) is 64.9. The first-order valence-corrected chi connectivity index (χ1v) is 28.2. The summed E-state index contributed by atoms with van der Waals surface area (Å²) >= 11 is 0. The van der Waals surface area contributed by atoms with Crippen molar-refractivity contribution < 1.29 is 81.8 Å². The molecule has 2 aromatic rings. The number of Topliss-reactive ketones (excluding diaryl/α,β-unsaturated/α-hetero) is 3. The van der Waals surface area contributed by atoms with Crippen LogP contribution >= 0.6 is 12.4 Å². The maximum Gasteiger partial charge on any atom is 0.411 e. The van der Waals surface area contributed by atoms with E-state index in [2.05, 4.69) is 41.0 Å². The number of nitro groups is 2. The van der Waals surface area contributed by atoms with E-state index in [0.717, 1.165) is 0 Å². The number of aliphatic hydroxyl groups is 1. The number of halogens is 1. The van der Waals surface area contributed by atoms with E-state index >= 15 is 0 Å². The van der Waals surface area contributed by atoms with Crippen LogP contribution in [0, 0.1) is 38.0 Å². The first kappa shape index (κ1) is 70.3. The number of nitrogens with one attached hydrogen (secondary N) is 4. The number of ether oxygens (including phenoxy) is 4. The van der Waals surface area contributed by atoms with E-state index in [1.165, 1.54) is 79.1 Å². The maximum absolute atomic E-state index is 13.2. The highest BCUT2D eigenvalue weighted by molar-refractivity contribution is 5.99. The summed E-state index contributed by atoms with van der Waals surface area (Å²) in [7, 11) is 0. The quantitative estimate of drug-likeness (QED) is 0.0413. The molecule has 0 spiro atoms. The molecule has 8 rings (SSSR count). The summed E-state index contributed by atoms with van der Waals surface area (Å²) in [6.45, 7) is 25.8. The van der Waals surface area contributed by atoms with Crippen molar-refractivity contribution in [2.45, 2.75) is 165 Å². The molecule has 27 nitrogen and oxygen atoms in total. The van der Waals surface area contributed by atoms with Crippen LogP contribution in [0.15, 0.2) is 86.5 Å². The van der Waals surface area contributed by atoms with Crippen molar-refractivity contribution in [1.82, 2.24) is 31.1 Å². The van der Waals surface area contributed by atoms with Gasteiger partial charge in [0.2, 0.25) is 17.7 Å². The summed E-state index contributed by atoms with van der Waals surface area (Å²) in [4.78, 5) is 147. The molecule has 478 valence electrons. The number of likely N-dealkylation sites (tertiary alicyclic amines) is 2. The van der Waals surface area contributed by atoms with Gasteiger partial charge in [-0.2, -0.15) is 0 Å². The molecule has 88 heavy (non-hydrogen) atoms. The highest BCUT2D eigenvalue weighted by atomic mass is 35.5. The Balaban J connectivity index is 0.000000244. The van der Waals surface area contributed by atoms with E-state index < -0.39 is 110 Å². The first-order chi connectivity index (χ1) is 40.5. The molecule has 3 saturated heterocycles. The predicted molar refractivity (Wildman–Crippen MR) is 317 cm³/mol. The molecular formula is C60H77ClN8O19. The minimum atomic E-state index is -1.05. The van der Waals surface area contributed by atoms with Gasteiger partial charge in [0.05, 0.1) is 46.2 Å². The summed E-state index contributed by atoms with van der Waals surface area (Å²) in [5.41, 5.74) is -4.37. The van der Waals surface area contributed by atoms with Crippen LogP contribution in [0.2, 0.25) is 0 Å². The Morgan fingerprint density at radius 1 is 0.580 bits per heavy atom. The highest BCUT2D eigenvalue weighted by Gasteiger charge is 2.61. The number of non-ortho nitro benzene ring substituents is 2. The average molecular weight is 1250 g/mol. The first-order valence-electron chi connectivity index (χ1n) is 28.2. The lowest BCUT2D eigenvalue weighted by molar-refractivity contribution is -0.385. The Hall–Kier alpha value is -8.43. The van der Waals surface area contributed by atoms with Gasteiger partial charge >= 0.3 is 24.1 Å². The standard InChI is InChI=1S/C24H29N3O8.C19H21N3O6.C17H26N2O5.ClH/c1-6-16-12-24(16,14(2)28)25-20(29)19-11-18(13-26(19)22(31)35-23(3,4)5)34-21(30)15-7-9-17(10-8-15)27(32)33;1-3-13-9-19(13,11(2)23)21-17(24)16-8-15(10-20-16)28-18(25)12-4-6-14(7-5-12)22(26)27;1-6-11-8-17(11,10(2)20)18-14(22)13-7-12(21)9-19(13)15(23)24-16(3,4)5;/h6-10,16,18-19H,1,11-13H2,2-5H3,(H,25,29);3-7,13,15-16,20H,1,8-10H2,2H3,(H,21,24);6,11-13,21H,1,7-9H2,2-5H3,(H,18,22);1H/t16-,18+,19+,24+;13-,15?,16+,19+;11-,12+,13+,17+;/m111./s1. The molecule has 6 aliphatic rings. The largest absolute Gasteiger partial charge is 0.457 e. The van der Waals surface area contributed by atoms with E-state index in [9.17, 15) is 73.3 Å². The third-order valence-corrected chi connectivity index (χ3v) is 15.8. The molecule has 0 aromatic heterocycles. The van der Waals surface area contributed by atoms with Gasteiger partial charge in [0.15, 0.2) is 17.3 Å². The van der Waals surface area contributed by atoms with E-state index in [1.807, 2.05) is 0 Å². The van der Waals surface area contributed by atoms with E-state index in [-0.39, 0.29) is 108 Å². The Morgan fingerprint density at radius 2 is 0.932 bits per heavy atom. The molecule has 6 fully saturated rings. The fourth-order valence-electron chi connectivity index (χ4n) is 10.6. The topological polar surface area (TPSA) is 369 Å². The van der Waals surface area contributed by atoms with Crippen molar-refractivity contribution >= 4 is 83.0 Å². The van der Waals surface area contributed by atoms with Gasteiger partial charge in [0, 0.05) is 67.8 Å². The van der Waals surface area contributed by atoms with Gasteiger partial charge in [0.25, 0.3) is 11.4 Å². The van der Waals surface area contributed by atoms with Crippen LogP contribution in [0.25, 0.3) is 0 Å². The second-order valence-corrected chi connectivity index (χ2v) is 24.5. The molecular weight excluding hydrogens is 1170 g/mol. The van der Waals surface area contributed by atoms with E-state index in [1.54, 1.807) is 59.8 Å². The number of amides is 5. The lowest BCUT2D eigenvalue weighted by Crippen LogP contribution is -2.53. The number of ketones is 3. The number of esters is 2. The van der Waals surface area contributed by atoms with Gasteiger partial charge in [-0.15, -0.1) is 32.1 Å². The average Bonchev–Trinajstić information content (AvgIpc) is 1.88. The number of hydrogen-bond donors (Lipinski definition) is 5. The molecule has 12 atom stereocenters. The van der Waals surface area contributed by atoms with Crippen molar-refractivity contribution in [2.24, 2.45) is 17.8 Å². The Morgan fingerprint density at radius 3 is 1.27 bits per heavy atom. The second-order valence-electron chi connectivity index (χ2n) is 24.5. The van der Waals surface area contributed by atoms with Gasteiger partial charge in [-0.1, -0.05) is 18.2 Å². The summed E-state index contributed by atoms with van der Waals surface area (Å²) in [5, 5.41) is 42.7. The summed E-state index contributed by atoms with van der Waals surface area (Å²) < 4.78 is 21.6. The number of nitro benzene ring substituents is 2. The number of benzene rings is 2. The Bertz CT molecular complexity index is 3110. The summed E-state index contributed by atoms with van der Waals surface area (Å²) in [5.74, 6) is -3.48. The van der Waals surface area contributed by atoms with Crippen LogP contribution in [0.4, 0.5) is 21.0 Å². The van der Waals surface area contributed by atoms with Gasteiger partial charge in [-0.25, -0.2) is 19.2 Å². The van der Waals surface area contributed by atoms with Crippen LogP contribution in [0.1, 0.15) is 122 Å². The van der Waals surface area contributed by atoms with Gasteiger partial charge < -0.3 is 45.3 Å². The number of carbonyl (C=O) groups excluding carboxylic acids is 10. The molecule has 5 amide bonds. The second kappa shape index (κ2) is 27.7. The smallest absolute Gasteiger partial charge is 0.411 e. The fourth-order valence-corrected chi connectivity index (χ4v) is 10.6. The number of carbonyl (C=O) groups is 10. The molecule has 0 bridgehead atoms. The molecule has 3 aliphatic heterocycles. The van der Waals surface area contributed by atoms with E-state index in [0.29, 0.717) is 25.8 Å². The third-order valence-electron chi connectivity index (χ3n) is 15.8. The molecule has 3 aliphatic carbocycles. The minimum absolute atomic E-state index is 0. The Labute approximate surface area is 514 Å². The monoisotopic (exact) mass is 1250 g/mol. The van der Waals surface area contributed by atoms with Crippen LogP contribution in [0.3, 0.4) is 0 Å². The third kappa shape index (κ3) is 16.8. The fraction of sp³-hybridized carbons (Fsp3) is 0.533. The van der Waals surface area contributed by atoms with Crippen LogP contribution in [0.5, 0.6) is 0 Å². The SMILES string of the molecule is C=C[C@@H]1C[C@]1(NC(=O)[C@@H]1CC(OC(=O)c2ccc([N+](=O)[O-])cc2)CN1)C(C)=O.C=C[C@@H]1C[C@]1(NC(=O)[C@@H]1C[C@H](O)CN1C(=O)OC(C)(C)C)C(C)=O.C=C[C@@H]1C[C@]1(NC(=O)[C@@H]1C[C@H](OC(=O)c2ccc([N+](=O)[O-])cc2)CN1C(=O)OC(C)(C)C)C(C)=O.Cl. The van der Waals surface area contributed by atoms with E-state index in [4.69, 9.17) is 18.9 Å². The molecule has 5 N–H and O–H groups in total. The summed E-state index contributed by atoms with van der Waals surface area (Å²) in [6, 6.07) is 7.56. The zero-order valence-electron chi connectivity index (χ0n) is 50.5. The lowest BCUT2D eigenvalue weighted by atomic mass is 10.1. The van der Waals surface area contributed by atoms with Gasteiger partial charge in [0.1, 0.15) is 52.1 Å². The molecule has 3 saturated carbocycles. The number of β-amino-alcohol motifs (C(OH)–C–C–N with tert-alkyl or cyclic N) is 1. The molecule has 28 heteroatoms. The number of hydrogen-bond acceptors (Lipinski definition) is 20. The lowest BCUT2D eigenvalue weighted by Gasteiger charge is -2.28. The van der Waals surface area contributed by atoms with Crippen molar-refractivity contribution in [3.05, 3.63) is 118 Å². The van der Waals surface area contributed by atoms with Crippen molar-refractivity contribution in [3.63, 3.8) is 0 Å². The highest BCUT2D eigenvalue weighted by Crippen LogP contribution is 2.47. The van der Waals surface area contributed by atoms with Crippen LogP contribution in [-0.4, -0.2) is 168 Å². The number of nitrogens with zero attached hydrogens (tertiary/aromatic N) is 4. The zero-order valence-corrected chi connectivity index (χ0v) is 51.3. The van der Waals surface area contributed by atoms with Gasteiger partial charge in [-0.05, 0) is 106 Å².